The molecule has 3 aromatic rings. The SMILES string of the molecule is COc1ccc(C2CC(c3ccccc3)=NN2C(=O)COC(=O)c2ccccc2N/C=C/C(=O)C(F)(F)F)cc1. The molecule has 1 amide bonds. The van der Waals surface area contributed by atoms with Crippen molar-refractivity contribution in [2.45, 2.75) is 18.6 Å². The van der Waals surface area contributed by atoms with Gasteiger partial charge in [-0.1, -0.05) is 54.6 Å². The molecular weight excluding hydrogens is 527 g/mol. The number of halogens is 3. The van der Waals surface area contributed by atoms with Gasteiger partial charge in [0.15, 0.2) is 6.61 Å². The number of hydrogen-bond acceptors (Lipinski definition) is 7. The lowest BCUT2D eigenvalue weighted by molar-refractivity contribution is -0.165. The van der Waals surface area contributed by atoms with E-state index in [-0.39, 0.29) is 11.3 Å². The Hall–Kier alpha value is -4.93. The van der Waals surface area contributed by atoms with Crippen LogP contribution in [-0.2, 0) is 14.3 Å². The number of hydrogen-bond donors (Lipinski definition) is 1. The second-order valence-electron chi connectivity index (χ2n) is 8.61. The number of carbonyl (C=O) groups is 3. The van der Waals surface area contributed by atoms with Gasteiger partial charge in [0.05, 0.1) is 30.1 Å². The molecule has 0 radical (unpaired) electrons. The molecule has 0 spiro atoms. The number of ether oxygens (including phenoxy) is 2. The molecule has 0 bridgehead atoms. The maximum Gasteiger partial charge on any atom is 0.454 e. The van der Waals surface area contributed by atoms with Crippen molar-refractivity contribution in [2.24, 2.45) is 5.10 Å². The summed E-state index contributed by atoms with van der Waals surface area (Å²) in [5.41, 5.74) is 2.40. The molecule has 0 fully saturated rings. The average Bonchev–Trinajstić information content (AvgIpc) is 3.42. The second kappa shape index (κ2) is 12.3. The van der Waals surface area contributed by atoms with Gasteiger partial charge in [-0.15, -0.1) is 0 Å². The third-order valence-corrected chi connectivity index (χ3v) is 6.00. The quantitative estimate of drug-likeness (QED) is 0.287. The molecule has 0 saturated heterocycles. The third kappa shape index (κ3) is 6.73. The summed E-state index contributed by atoms with van der Waals surface area (Å²) in [6.45, 7) is -0.631. The van der Waals surface area contributed by atoms with E-state index < -0.39 is 36.5 Å². The predicted molar refractivity (Wildman–Crippen MR) is 141 cm³/mol. The number of nitrogens with zero attached hydrogens (tertiary/aromatic N) is 2. The van der Waals surface area contributed by atoms with Crippen LogP contribution < -0.4 is 10.1 Å². The van der Waals surface area contributed by atoms with Gasteiger partial charge in [-0.2, -0.15) is 18.3 Å². The van der Waals surface area contributed by atoms with Crippen LogP contribution in [0.3, 0.4) is 0 Å². The smallest absolute Gasteiger partial charge is 0.454 e. The van der Waals surface area contributed by atoms with Gasteiger partial charge in [0, 0.05) is 18.7 Å². The molecular formula is C29H24F3N3O5. The van der Waals surface area contributed by atoms with E-state index in [1.807, 2.05) is 42.5 Å². The Balaban J connectivity index is 1.48. The molecule has 206 valence electrons. The summed E-state index contributed by atoms with van der Waals surface area (Å²) in [6, 6.07) is 22.0. The highest BCUT2D eigenvalue weighted by molar-refractivity contribution is 6.03. The number of para-hydroxylation sites is 1. The molecule has 40 heavy (non-hydrogen) atoms. The van der Waals surface area contributed by atoms with Crippen LogP contribution in [0, 0.1) is 0 Å². The number of rotatable bonds is 9. The molecule has 0 aromatic heterocycles. The molecule has 3 aromatic carbocycles. The van der Waals surface area contributed by atoms with Crippen LogP contribution >= 0.6 is 0 Å². The molecule has 8 nitrogen and oxygen atoms in total. The normalized spacial score (nSPS) is 15.1. The van der Waals surface area contributed by atoms with E-state index in [1.165, 1.54) is 29.3 Å². The largest absolute Gasteiger partial charge is 0.497 e. The van der Waals surface area contributed by atoms with Crippen LogP contribution in [0.1, 0.15) is 33.9 Å². The van der Waals surface area contributed by atoms with E-state index in [1.54, 1.807) is 19.2 Å². The fourth-order valence-electron chi connectivity index (χ4n) is 3.99. The van der Waals surface area contributed by atoms with E-state index in [0.717, 1.165) is 17.3 Å². The van der Waals surface area contributed by atoms with Crippen LogP contribution in [0.15, 0.2) is 96.2 Å². The summed E-state index contributed by atoms with van der Waals surface area (Å²) in [7, 11) is 1.55. The summed E-state index contributed by atoms with van der Waals surface area (Å²) >= 11 is 0. The summed E-state index contributed by atoms with van der Waals surface area (Å²) < 4.78 is 47.7. The number of alkyl halides is 3. The molecule has 1 aliphatic rings. The lowest BCUT2D eigenvalue weighted by Gasteiger charge is -2.22. The number of allylic oxidation sites excluding steroid dienone is 1. The number of esters is 1. The van der Waals surface area contributed by atoms with E-state index >= 15 is 0 Å². The van der Waals surface area contributed by atoms with Crippen LogP contribution in [0.4, 0.5) is 18.9 Å². The molecule has 4 rings (SSSR count). The van der Waals surface area contributed by atoms with Gasteiger partial charge in [-0.3, -0.25) is 9.59 Å². The highest BCUT2D eigenvalue weighted by Crippen LogP contribution is 2.33. The van der Waals surface area contributed by atoms with Crippen LogP contribution in [0.2, 0.25) is 0 Å². The number of hydrazone groups is 1. The van der Waals surface area contributed by atoms with Crippen molar-refractivity contribution in [3.8, 4) is 5.75 Å². The zero-order valence-electron chi connectivity index (χ0n) is 21.2. The van der Waals surface area contributed by atoms with Gasteiger partial charge < -0.3 is 14.8 Å². The van der Waals surface area contributed by atoms with Gasteiger partial charge >= 0.3 is 12.1 Å². The Morgan fingerprint density at radius 1 is 1.00 bits per heavy atom. The van der Waals surface area contributed by atoms with Crippen LogP contribution in [0.25, 0.3) is 0 Å². The lowest BCUT2D eigenvalue weighted by Crippen LogP contribution is -2.31. The molecule has 1 heterocycles. The lowest BCUT2D eigenvalue weighted by atomic mass is 9.98. The number of benzene rings is 3. The molecule has 1 aliphatic heterocycles. The molecule has 0 aliphatic carbocycles. The Morgan fingerprint density at radius 3 is 2.35 bits per heavy atom. The summed E-state index contributed by atoms with van der Waals surface area (Å²) in [4.78, 5) is 37.1. The first-order valence-electron chi connectivity index (χ1n) is 12.1. The van der Waals surface area contributed by atoms with Crippen molar-refractivity contribution in [3.63, 3.8) is 0 Å². The minimum atomic E-state index is -5.01. The maximum atomic E-state index is 13.2. The zero-order valence-corrected chi connectivity index (χ0v) is 21.2. The first kappa shape index (κ1) is 28.1. The minimum Gasteiger partial charge on any atom is -0.497 e. The number of amides is 1. The second-order valence-corrected chi connectivity index (χ2v) is 8.61. The zero-order chi connectivity index (χ0) is 28.7. The van der Waals surface area contributed by atoms with Gasteiger partial charge in [0.2, 0.25) is 0 Å². The molecule has 1 atom stereocenters. The Labute approximate surface area is 227 Å². The maximum absolute atomic E-state index is 13.2. The summed E-state index contributed by atoms with van der Waals surface area (Å²) in [6.07, 6.45) is -3.50. The van der Waals surface area contributed by atoms with Crippen molar-refractivity contribution in [1.29, 1.82) is 0 Å². The Kier molecular flexibility index (Phi) is 8.63. The Bertz CT molecular complexity index is 1440. The van der Waals surface area contributed by atoms with Crippen molar-refractivity contribution < 1.29 is 37.0 Å². The molecule has 0 saturated carbocycles. The number of carbonyl (C=O) groups excluding carboxylic acids is 3. The van der Waals surface area contributed by atoms with E-state index in [4.69, 9.17) is 9.47 Å². The van der Waals surface area contributed by atoms with Crippen molar-refractivity contribution in [2.75, 3.05) is 19.0 Å². The predicted octanol–water partition coefficient (Wildman–Crippen LogP) is 5.29. The summed E-state index contributed by atoms with van der Waals surface area (Å²) in [5.74, 6) is -2.86. The standard InChI is InChI=1S/C29H24F3N3O5/c1-39-21-13-11-20(12-14-21)25-17-24(19-7-3-2-4-8-19)34-35(25)27(37)18-40-28(38)22-9-5-6-10-23(22)33-16-15-26(36)29(30,31)32/h2-16,25,33H,17-18H2,1H3/b16-15+. The summed E-state index contributed by atoms with van der Waals surface area (Å²) in [5, 5.41) is 8.29. The van der Waals surface area contributed by atoms with Gasteiger partial charge in [-0.25, -0.2) is 9.80 Å². The molecule has 11 heteroatoms. The first-order valence-corrected chi connectivity index (χ1v) is 12.1. The van der Waals surface area contributed by atoms with Crippen molar-refractivity contribution in [3.05, 3.63) is 108 Å². The van der Waals surface area contributed by atoms with E-state index in [9.17, 15) is 27.6 Å². The monoisotopic (exact) mass is 551 g/mol. The number of anilines is 1. The van der Waals surface area contributed by atoms with E-state index in [2.05, 4.69) is 10.4 Å². The fourth-order valence-corrected chi connectivity index (χ4v) is 3.99. The highest BCUT2D eigenvalue weighted by atomic mass is 19.4. The highest BCUT2D eigenvalue weighted by Gasteiger charge is 2.36. The van der Waals surface area contributed by atoms with Crippen LogP contribution in [0.5, 0.6) is 5.75 Å². The van der Waals surface area contributed by atoms with Gasteiger partial charge in [-0.05, 0) is 35.4 Å². The topological polar surface area (TPSA) is 97.3 Å². The first-order chi connectivity index (χ1) is 19.2. The Morgan fingerprint density at radius 2 is 1.68 bits per heavy atom. The average molecular weight is 552 g/mol. The van der Waals surface area contributed by atoms with Crippen LogP contribution in [-0.4, -0.2) is 48.3 Å². The van der Waals surface area contributed by atoms with Gasteiger partial charge in [0.1, 0.15) is 5.75 Å². The fraction of sp³-hybridized carbons (Fsp3) is 0.172. The van der Waals surface area contributed by atoms with Crippen molar-refractivity contribution in [1.82, 2.24) is 5.01 Å². The minimum absolute atomic E-state index is 0.0407. The third-order valence-electron chi connectivity index (χ3n) is 6.00. The number of methoxy groups -OCH3 is 1. The number of ketones is 1. The molecule has 1 unspecified atom stereocenters. The number of nitrogens with one attached hydrogen (secondary N) is 1. The van der Waals surface area contributed by atoms with Crippen molar-refractivity contribution >= 4 is 29.1 Å². The van der Waals surface area contributed by atoms with E-state index in [0.29, 0.717) is 24.0 Å². The molecule has 1 N–H and O–H groups in total. The van der Waals surface area contributed by atoms with Gasteiger partial charge in [0.25, 0.3) is 11.7 Å².